The van der Waals surface area contributed by atoms with Crippen molar-refractivity contribution in [3.8, 4) is 0 Å². The molecule has 0 bridgehead atoms. The minimum atomic E-state index is -0.421. The topological polar surface area (TPSA) is 52.6 Å². The summed E-state index contributed by atoms with van der Waals surface area (Å²) in [7, 11) is 2.72. The molecule has 0 rings (SSSR count). The predicted molar refractivity (Wildman–Crippen MR) is 102 cm³/mol. The monoisotopic (exact) mass is 354 g/mol. The Labute approximate surface area is 154 Å². The van der Waals surface area contributed by atoms with Gasteiger partial charge in [0, 0.05) is 11.1 Å². The highest BCUT2D eigenvalue weighted by molar-refractivity contribution is 6.00. The molecule has 0 N–H and O–H groups in total. The molecule has 146 valence electrons. The molecule has 0 atom stereocenters. The number of carbonyl (C=O) groups is 2. The van der Waals surface area contributed by atoms with Crippen LogP contribution in [0.2, 0.25) is 0 Å². The van der Waals surface area contributed by atoms with Crippen molar-refractivity contribution >= 4 is 11.9 Å². The molecule has 25 heavy (non-hydrogen) atoms. The van der Waals surface area contributed by atoms with E-state index in [-0.39, 0.29) is 5.41 Å². The third-order valence-corrected chi connectivity index (χ3v) is 4.22. The average molecular weight is 355 g/mol. The van der Waals surface area contributed by atoms with Gasteiger partial charge in [-0.2, -0.15) is 0 Å². The van der Waals surface area contributed by atoms with E-state index < -0.39 is 11.9 Å². The summed E-state index contributed by atoms with van der Waals surface area (Å²) in [5, 5.41) is 0. The molecule has 0 spiro atoms. The van der Waals surface area contributed by atoms with Gasteiger partial charge in [0.25, 0.3) is 0 Å². The van der Waals surface area contributed by atoms with Gasteiger partial charge in [-0.25, -0.2) is 9.59 Å². The molecule has 0 aromatic heterocycles. The van der Waals surface area contributed by atoms with Gasteiger partial charge < -0.3 is 9.47 Å². The first-order chi connectivity index (χ1) is 11.8. The summed E-state index contributed by atoms with van der Waals surface area (Å²) in [5.41, 5.74) is 0.835. The second-order valence-electron chi connectivity index (χ2n) is 7.90. The third-order valence-electron chi connectivity index (χ3n) is 4.22. The molecule has 0 aromatic rings. The van der Waals surface area contributed by atoms with Gasteiger partial charge in [0.1, 0.15) is 0 Å². The lowest BCUT2D eigenvalue weighted by Crippen LogP contribution is -2.19. The van der Waals surface area contributed by atoms with E-state index in [1.807, 2.05) is 20.8 Å². The zero-order valence-corrected chi connectivity index (χ0v) is 17.2. The molecule has 0 aliphatic rings. The van der Waals surface area contributed by atoms with Gasteiger partial charge in [0.2, 0.25) is 0 Å². The van der Waals surface area contributed by atoms with Crippen LogP contribution in [0.25, 0.3) is 0 Å². The van der Waals surface area contributed by atoms with Crippen molar-refractivity contribution in [3.05, 3.63) is 11.1 Å². The number of ether oxygens (including phenoxy) is 2. The lowest BCUT2D eigenvalue weighted by molar-refractivity contribution is -0.139. The Bertz CT molecular complexity index is 430. The molecule has 0 fully saturated rings. The fourth-order valence-electron chi connectivity index (χ4n) is 2.89. The molecule has 0 aliphatic heterocycles. The second-order valence-corrected chi connectivity index (χ2v) is 7.90. The lowest BCUT2D eigenvalue weighted by atomic mass is 9.85. The Morgan fingerprint density at radius 2 is 1.16 bits per heavy atom. The first-order valence-corrected chi connectivity index (χ1v) is 9.65. The van der Waals surface area contributed by atoms with Crippen LogP contribution in [0.1, 0.15) is 91.9 Å². The van der Waals surface area contributed by atoms with Crippen molar-refractivity contribution < 1.29 is 19.1 Å². The first-order valence-electron chi connectivity index (χ1n) is 9.65. The first kappa shape index (κ1) is 23.7. The lowest BCUT2D eigenvalue weighted by Gasteiger charge is -2.21. The molecular formula is C21H38O4. The van der Waals surface area contributed by atoms with Crippen LogP contribution >= 0.6 is 0 Å². The molecule has 0 aliphatic carbocycles. The minimum Gasteiger partial charge on any atom is -0.466 e. The fourth-order valence-corrected chi connectivity index (χ4v) is 2.89. The summed E-state index contributed by atoms with van der Waals surface area (Å²) in [6.07, 6.45) is 10.6. The molecule has 0 aromatic carbocycles. The summed E-state index contributed by atoms with van der Waals surface area (Å²) >= 11 is 0. The standard InChI is InChI=1S/C21H38O4/c1-7-8-9-10-11-12-13-14-15-17(19(22)24-5)18(20(23)25-6)16-21(2,3)4/h7-16H2,1-6H3/b18-17-. The van der Waals surface area contributed by atoms with Crippen molar-refractivity contribution in [2.75, 3.05) is 14.2 Å². The van der Waals surface area contributed by atoms with Gasteiger partial charge in [-0.3, -0.25) is 0 Å². The second kappa shape index (κ2) is 13.0. The van der Waals surface area contributed by atoms with Crippen molar-refractivity contribution in [1.29, 1.82) is 0 Å². The number of carbonyl (C=O) groups excluding carboxylic acids is 2. The van der Waals surface area contributed by atoms with Crippen molar-refractivity contribution in [2.24, 2.45) is 5.41 Å². The normalized spacial score (nSPS) is 12.6. The smallest absolute Gasteiger partial charge is 0.334 e. The van der Waals surface area contributed by atoms with E-state index in [9.17, 15) is 9.59 Å². The maximum Gasteiger partial charge on any atom is 0.334 e. The van der Waals surface area contributed by atoms with Crippen LogP contribution in [-0.4, -0.2) is 26.2 Å². The summed E-state index contributed by atoms with van der Waals surface area (Å²) < 4.78 is 9.83. The van der Waals surface area contributed by atoms with Gasteiger partial charge in [0.15, 0.2) is 0 Å². The Balaban J connectivity index is 4.83. The number of hydrogen-bond donors (Lipinski definition) is 0. The van der Waals surface area contributed by atoms with Crippen LogP contribution in [0, 0.1) is 5.41 Å². The fraction of sp³-hybridized carbons (Fsp3) is 0.810. The van der Waals surface area contributed by atoms with Gasteiger partial charge in [0.05, 0.1) is 14.2 Å². The van der Waals surface area contributed by atoms with Crippen molar-refractivity contribution in [3.63, 3.8) is 0 Å². The van der Waals surface area contributed by atoms with Crippen molar-refractivity contribution in [1.82, 2.24) is 0 Å². The predicted octanol–water partition coefficient (Wildman–Crippen LogP) is 5.60. The van der Waals surface area contributed by atoms with Gasteiger partial charge in [-0.05, 0) is 24.7 Å². The van der Waals surface area contributed by atoms with Gasteiger partial charge in [-0.1, -0.05) is 72.6 Å². The SMILES string of the molecule is CCCCCCCCCC/C(C(=O)OC)=C(\CC(C)(C)C)C(=O)OC. The molecule has 0 saturated heterocycles. The quantitative estimate of drug-likeness (QED) is 0.260. The molecule has 0 radical (unpaired) electrons. The number of rotatable bonds is 12. The van der Waals surface area contributed by atoms with Crippen LogP contribution in [-0.2, 0) is 19.1 Å². The molecule has 0 heterocycles. The average Bonchev–Trinajstić information content (AvgIpc) is 2.56. The van der Waals surface area contributed by atoms with E-state index in [1.165, 1.54) is 52.7 Å². The van der Waals surface area contributed by atoms with Gasteiger partial charge in [-0.15, -0.1) is 0 Å². The van der Waals surface area contributed by atoms with E-state index in [4.69, 9.17) is 9.47 Å². The number of methoxy groups -OCH3 is 2. The van der Waals surface area contributed by atoms with Crippen LogP contribution in [0.4, 0.5) is 0 Å². The highest BCUT2D eigenvalue weighted by Crippen LogP contribution is 2.29. The van der Waals surface area contributed by atoms with E-state index in [2.05, 4.69) is 6.92 Å². The highest BCUT2D eigenvalue weighted by Gasteiger charge is 2.26. The number of unbranched alkanes of at least 4 members (excludes halogenated alkanes) is 7. The molecule has 0 saturated carbocycles. The minimum absolute atomic E-state index is 0.109. The maximum atomic E-state index is 12.2. The van der Waals surface area contributed by atoms with Crippen LogP contribution < -0.4 is 0 Å². The Morgan fingerprint density at radius 3 is 1.60 bits per heavy atom. The van der Waals surface area contributed by atoms with Gasteiger partial charge >= 0.3 is 11.9 Å². The highest BCUT2D eigenvalue weighted by atomic mass is 16.5. The van der Waals surface area contributed by atoms with E-state index >= 15 is 0 Å². The van der Waals surface area contributed by atoms with E-state index in [0.717, 1.165) is 12.8 Å². The number of esters is 2. The summed E-state index contributed by atoms with van der Waals surface area (Å²) in [5.74, 6) is -0.831. The van der Waals surface area contributed by atoms with Crippen LogP contribution in [0.3, 0.4) is 0 Å². The molecule has 4 nitrogen and oxygen atoms in total. The zero-order valence-electron chi connectivity index (χ0n) is 17.2. The van der Waals surface area contributed by atoms with Crippen LogP contribution in [0.15, 0.2) is 11.1 Å². The van der Waals surface area contributed by atoms with Crippen LogP contribution in [0.5, 0.6) is 0 Å². The zero-order chi connectivity index (χ0) is 19.3. The van der Waals surface area contributed by atoms with Crippen molar-refractivity contribution in [2.45, 2.75) is 91.9 Å². The largest absolute Gasteiger partial charge is 0.466 e. The Morgan fingerprint density at radius 1 is 0.720 bits per heavy atom. The molecule has 4 heteroatoms. The van der Waals surface area contributed by atoms with E-state index in [0.29, 0.717) is 24.0 Å². The number of hydrogen-bond acceptors (Lipinski definition) is 4. The summed E-state index contributed by atoms with van der Waals surface area (Å²) in [6.45, 7) is 8.35. The Kier molecular flexibility index (Phi) is 12.3. The molecule has 0 unspecified atom stereocenters. The van der Waals surface area contributed by atoms with E-state index in [1.54, 1.807) is 0 Å². The maximum absolute atomic E-state index is 12.2. The summed E-state index contributed by atoms with van der Waals surface area (Å²) in [4.78, 5) is 24.4. The summed E-state index contributed by atoms with van der Waals surface area (Å²) in [6, 6.07) is 0. The third kappa shape index (κ3) is 11.0. The molecule has 0 amide bonds. The molecular weight excluding hydrogens is 316 g/mol. The Hall–Kier alpha value is -1.32.